The maximum absolute atomic E-state index is 11.9. The molecular formula is C14H19N3O2S2. The van der Waals surface area contributed by atoms with Crippen molar-refractivity contribution in [1.82, 2.24) is 14.5 Å². The predicted octanol–water partition coefficient (Wildman–Crippen LogP) is 2.37. The van der Waals surface area contributed by atoms with Crippen LogP contribution in [0.4, 0.5) is 0 Å². The highest BCUT2D eigenvalue weighted by atomic mass is 32.2. The number of aromatic amines is 1. The molecule has 3 rings (SSSR count). The minimum Gasteiger partial charge on any atom is -0.329 e. The lowest BCUT2D eigenvalue weighted by Crippen LogP contribution is -2.31. The van der Waals surface area contributed by atoms with E-state index >= 15 is 0 Å². The third kappa shape index (κ3) is 2.65. The van der Waals surface area contributed by atoms with Crippen molar-refractivity contribution in [3.63, 3.8) is 0 Å². The number of nitrogens with one attached hydrogen (secondary N) is 1. The Bertz CT molecular complexity index is 828. The molecule has 1 saturated heterocycles. The highest BCUT2D eigenvalue weighted by Crippen LogP contribution is 2.29. The third-order valence-electron chi connectivity index (χ3n) is 4.17. The van der Waals surface area contributed by atoms with Gasteiger partial charge in [0.15, 0.2) is 14.6 Å². The lowest BCUT2D eigenvalue weighted by atomic mass is 10.1. The zero-order valence-electron chi connectivity index (χ0n) is 12.2. The second-order valence-electron chi connectivity index (χ2n) is 5.76. The van der Waals surface area contributed by atoms with Crippen molar-refractivity contribution in [3.05, 3.63) is 23.0 Å². The Kier molecular flexibility index (Phi) is 3.67. The molecule has 114 valence electrons. The van der Waals surface area contributed by atoms with Crippen molar-refractivity contribution in [2.75, 3.05) is 26.4 Å². The summed E-state index contributed by atoms with van der Waals surface area (Å²) < 4.78 is 26.5. The summed E-state index contributed by atoms with van der Waals surface area (Å²) in [6.07, 6.45) is 3.29. The van der Waals surface area contributed by atoms with Crippen LogP contribution in [0.5, 0.6) is 0 Å². The summed E-state index contributed by atoms with van der Waals surface area (Å²) in [7, 11) is -1.15. The van der Waals surface area contributed by atoms with E-state index in [1.807, 2.05) is 6.07 Å². The average molecular weight is 325 g/mol. The number of rotatable bonds is 2. The zero-order valence-corrected chi connectivity index (χ0v) is 13.8. The summed E-state index contributed by atoms with van der Waals surface area (Å²) in [5, 5.41) is 0. The number of fused-ring (bicyclic) bond motifs is 1. The third-order valence-corrected chi connectivity index (χ3v) is 5.61. The number of hydrogen-bond donors (Lipinski definition) is 1. The normalized spacial score (nSPS) is 18.4. The average Bonchev–Trinajstić information content (AvgIpc) is 2.74. The van der Waals surface area contributed by atoms with E-state index in [2.05, 4.69) is 21.5 Å². The highest BCUT2D eigenvalue weighted by Gasteiger charge is 2.22. The molecule has 1 aromatic carbocycles. The molecule has 0 bridgehead atoms. The number of likely N-dealkylation sites (tertiary alicyclic amines) is 1. The summed E-state index contributed by atoms with van der Waals surface area (Å²) in [5.74, 6) is 0. The van der Waals surface area contributed by atoms with Crippen LogP contribution < -0.4 is 0 Å². The number of hydrogen-bond acceptors (Lipinski definition) is 4. The topological polar surface area (TPSA) is 58.1 Å². The standard InChI is InChI=1S/C14H19N3O2S2/c1-16-8-6-10(7-9-16)17-11-4-3-5-12(21(2,18)19)13(11)15-14(17)20/h3-5,10H,6-9H2,1-2H3,(H,15,20). The summed E-state index contributed by atoms with van der Waals surface area (Å²) in [4.78, 5) is 5.72. The largest absolute Gasteiger partial charge is 0.329 e. The van der Waals surface area contributed by atoms with Crippen molar-refractivity contribution >= 4 is 33.1 Å². The smallest absolute Gasteiger partial charge is 0.178 e. The van der Waals surface area contributed by atoms with Gasteiger partial charge in [-0.05, 0) is 57.3 Å². The van der Waals surface area contributed by atoms with Gasteiger partial charge in [-0.1, -0.05) is 6.07 Å². The van der Waals surface area contributed by atoms with Gasteiger partial charge in [-0.15, -0.1) is 0 Å². The molecule has 0 unspecified atom stereocenters. The van der Waals surface area contributed by atoms with Crippen molar-refractivity contribution in [2.24, 2.45) is 0 Å². The number of imidazole rings is 1. The highest BCUT2D eigenvalue weighted by molar-refractivity contribution is 7.91. The number of H-pyrrole nitrogens is 1. The van der Waals surface area contributed by atoms with Crippen LogP contribution in [0.25, 0.3) is 11.0 Å². The van der Waals surface area contributed by atoms with Crippen LogP contribution in [-0.2, 0) is 9.84 Å². The first kappa shape index (κ1) is 14.7. The maximum Gasteiger partial charge on any atom is 0.178 e. The molecule has 7 heteroatoms. The van der Waals surface area contributed by atoms with Gasteiger partial charge in [0.05, 0.1) is 15.9 Å². The number of sulfone groups is 1. The van der Waals surface area contributed by atoms with Gasteiger partial charge < -0.3 is 14.5 Å². The van der Waals surface area contributed by atoms with Crippen molar-refractivity contribution in [3.8, 4) is 0 Å². The molecule has 2 heterocycles. The van der Waals surface area contributed by atoms with Gasteiger partial charge >= 0.3 is 0 Å². The fraction of sp³-hybridized carbons (Fsp3) is 0.500. The first-order chi connectivity index (χ1) is 9.88. The molecule has 0 saturated carbocycles. The lowest BCUT2D eigenvalue weighted by Gasteiger charge is -2.30. The quantitative estimate of drug-likeness (QED) is 0.861. The fourth-order valence-corrected chi connectivity index (χ4v) is 4.25. The van der Waals surface area contributed by atoms with E-state index in [0.29, 0.717) is 21.2 Å². The molecule has 0 amide bonds. The second-order valence-corrected chi connectivity index (χ2v) is 8.13. The molecule has 1 aliphatic rings. The molecule has 0 atom stereocenters. The number of aromatic nitrogens is 2. The van der Waals surface area contributed by atoms with Gasteiger partial charge in [0.25, 0.3) is 0 Å². The van der Waals surface area contributed by atoms with Gasteiger partial charge in [-0.25, -0.2) is 8.42 Å². The van der Waals surface area contributed by atoms with Gasteiger partial charge in [-0.2, -0.15) is 0 Å². The number of benzene rings is 1. The van der Waals surface area contributed by atoms with Gasteiger partial charge in [0, 0.05) is 12.3 Å². The van der Waals surface area contributed by atoms with Crippen LogP contribution in [0, 0.1) is 4.77 Å². The first-order valence-electron chi connectivity index (χ1n) is 7.00. The summed E-state index contributed by atoms with van der Waals surface area (Å²) in [5.41, 5.74) is 1.52. The fourth-order valence-electron chi connectivity index (χ4n) is 3.05. The summed E-state index contributed by atoms with van der Waals surface area (Å²) in [6, 6.07) is 5.68. The van der Waals surface area contributed by atoms with Crippen LogP contribution in [-0.4, -0.2) is 49.3 Å². The minimum atomic E-state index is -3.27. The Labute approximate surface area is 129 Å². The van der Waals surface area contributed by atoms with Gasteiger partial charge in [-0.3, -0.25) is 0 Å². The molecule has 5 nitrogen and oxygen atoms in total. The molecule has 21 heavy (non-hydrogen) atoms. The van der Waals surface area contributed by atoms with Gasteiger partial charge in [0.2, 0.25) is 0 Å². The monoisotopic (exact) mass is 325 g/mol. The number of para-hydroxylation sites is 1. The Hall–Kier alpha value is -1.18. The van der Waals surface area contributed by atoms with E-state index in [1.54, 1.807) is 12.1 Å². The van der Waals surface area contributed by atoms with Crippen LogP contribution in [0.2, 0.25) is 0 Å². The lowest BCUT2D eigenvalue weighted by molar-refractivity contribution is 0.223. The molecule has 0 radical (unpaired) electrons. The molecule has 0 spiro atoms. The van der Waals surface area contributed by atoms with E-state index in [1.165, 1.54) is 6.26 Å². The molecule has 2 aromatic rings. The van der Waals surface area contributed by atoms with Gasteiger partial charge in [0.1, 0.15) is 0 Å². The summed E-state index contributed by atoms with van der Waals surface area (Å²) >= 11 is 5.44. The van der Waals surface area contributed by atoms with Crippen LogP contribution >= 0.6 is 12.2 Å². The van der Waals surface area contributed by atoms with E-state index in [4.69, 9.17) is 12.2 Å². The second kappa shape index (κ2) is 5.23. The number of nitrogens with zero attached hydrogens (tertiary/aromatic N) is 2. The number of piperidine rings is 1. The van der Waals surface area contributed by atoms with E-state index < -0.39 is 9.84 Å². The van der Waals surface area contributed by atoms with Crippen molar-refractivity contribution in [2.45, 2.75) is 23.8 Å². The molecule has 1 aliphatic heterocycles. The van der Waals surface area contributed by atoms with E-state index in [-0.39, 0.29) is 0 Å². The van der Waals surface area contributed by atoms with Crippen LogP contribution in [0.1, 0.15) is 18.9 Å². The van der Waals surface area contributed by atoms with Crippen LogP contribution in [0.3, 0.4) is 0 Å². The van der Waals surface area contributed by atoms with E-state index in [9.17, 15) is 8.42 Å². The van der Waals surface area contributed by atoms with Crippen molar-refractivity contribution < 1.29 is 8.42 Å². The Morgan fingerprint density at radius 3 is 2.57 bits per heavy atom. The minimum absolute atomic E-state index is 0.317. The van der Waals surface area contributed by atoms with Crippen LogP contribution in [0.15, 0.2) is 23.1 Å². The zero-order chi connectivity index (χ0) is 15.2. The molecule has 1 N–H and O–H groups in total. The Morgan fingerprint density at radius 2 is 1.95 bits per heavy atom. The predicted molar refractivity (Wildman–Crippen MR) is 86.0 cm³/mol. The molecule has 1 aromatic heterocycles. The summed E-state index contributed by atoms with van der Waals surface area (Å²) in [6.45, 7) is 2.07. The van der Waals surface area contributed by atoms with Crippen molar-refractivity contribution in [1.29, 1.82) is 0 Å². The Morgan fingerprint density at radius 1 is 1.29 bits per heavy atom. The molecular weight excluding hydrogens is 306 g/mol. The SMILES string of the molecule is CN1CCC(n2c(=S)[nH]c3c(S(C)(=O)=O)cccc32)CC1. The maximum atomic E-state index is 11.9. The van der Waals surface area contributed by atoms with E-state index in [0.717, 1.165) is 31.4 Å². The molecule has 1 fully saturated rings. The Balaban J connectivity index is 2.17. The first-order valence-corrected chi connectivity index (χ1v) is 9.30. The molecule has 0 aliphatic carbocycles.